The van der Waals surface area contributed by atoms with Gasteiger partial charge in [0, 0.05) is 11.8 Å². The summed E-state index contributed by atoms with van der Waals surface area (Å²) in [6.45, 7) is 2.79. The Bertz CT molecular complexity index is 717. The molecule has 0 saturated heterocycles. The molecule has 0 amide bonds. The smallest absolute Gasteiger partial charge is 0.368 e. The van der Waals surface area contributed by atoms with Gasteiger partial charge in [-0.1, -0.05) is 81.9 Å². The van der Waals surface area contributed by atoms with Crippen LogP contribution in [0.2, 0.25) is 0 Å². The molecule has 0 saturated carbocycles. The monoisotopic (exact) mass is 492 g/mol. The average molecular weight is 493 g/mol. The molecule has 7 heteroatoms. The number of ether oxygens (including phenoxy) is 1. The third-order valence-electron chi connectivity index (χ3n) is 6.31. The molecule has 0 spiro atoms. The quantitative estimate of drug-likeness (QED) is 0.0588. The first-order chi connectivity index (χ1) is 17.2. The molecule has 0 aromatic heterocycles. The Labute approximate surface area is 211 Å². The highest BCUT2D eigenvalue weighted by Crippen LogP contribution is 2.35. The molecule has 7 nitrogen and oxygen atoms in total. The molecule has 0 heterocycles. The number of allylic oxidation sites excluding steroid dienone is 2. The van der Waals surface area contributed by atoms with Crippen LogP contribution in [0.3, 0.4) is 0 Å². The third kappa shape index (κ3) is 10.0. The number of rotatable bonds is 21. The molecule has 198 valence electrons. The largest absolute Gasteiger partial charge is 0.502 e. The zero-order chi connectivity index (χ0) is 25.2. The highest BCUT2D eigenvalue weighted by Gasteiger charge is 2.46. The number of unbranched alkanes of at least 4 members (excludes halogenated alkanes) is 5. The lowest BCUT2D eigenvalue weighted by Crippen LogP contribution is -2.46. The van der Waals surface area contributed by atoms with Crippen LogP contribution in [0, 0.1) is 5.92 Å². The van der Waals surface area contributed by atoms with E-state index in [1.54, 1.807) is 6.26 Å². The second-order valence-corrected chi connectivity index (χ2v) is 8.82. The van der Waals surface area contributed by atoms with Gasteiger partial charge in [-0.25, -0.2) is 14.7 Å². The van der Waals surface area contributed by atoms with Gasteiger partial charge in [-0.05, 0) is 42.9 Å². The van der Waals surface area contributed by atoms with Gasteiger partial charge < -0.3 is 4.74 Å². The van der Waals surface area contributed by atoms with Crippen LogP contribution < -0.4 is 0 Å². The van der Waals surface area contributed by atoms with E-state index in [-0.39, 0.29) is 5.92 Å². The first-order valence-electron chi connectivity index (χ1n) is 12.9. The van der Waals surface area contributed by atoms with Gasteiger partial charge in [0.1, 0.15) is 0 Å². The molecule has 2 rings (SSSR count). The van der Waals surface area contributed by atoms with Gasteiger partial charge in [-0.3, -0.25) is 0 Å². The van der Waals surface area contributed by atoms with Crippen LogP contribution in [0.1, 0.15) is 88.2 Å². The van der Waals surface area contributed by atoms with E-state index in [4.69, 9.17) is 34.1 Å². The molecule has 0 fully saturated rings. The summed E-state index contributed by atoms with van der Waals surface area (Å²) in [5.74, 6) is -1.38. The molecule has 1 aliphatic carbocycles. The normalized spacial score (nSPS) is 16.2. The zero-order valence-electron chi connectivity index (χ0n) is 21.9. The van der Waals surface area contributed by atoms with Crippen LogP contribution in [0.5, 0.6) is 0 Å². The molecule has 2 unspecified atom stereocenters. The van der Waals surface area contributed by atoms with Crippen LogP contribution in [0.4, 0.5) is 0 Å². The second kappa shape index (κ2) is 17.7. The molecule has 1 aromatic rings. The van der Waals surface area contributed by atoms with Crippen LogP contribution >= 0.6 is 0 Å². The van der Waals surface area contributed by atoms with Crippen LogP contribution in [-0.2, 0) is 34.1 Å². The standard InChI is InChI=1S/C28H44O7/c1-5-6-7-8-9-10-17-26(28(33-29-2,34-30-3)35-31-4)18-14-23-32-22-13-16-25-21-20-24-15-11-12-19-27(24)25/h11-13,15,19-22,25-26H,5-10,14,16-18,23H2,1-4H3. The second-order valence-electron chi connectivity index (χ2n) is 8.82. The Morgan fingerprint density at radius 2 is 1.51 bits per heavy atom. The van der Waals surface area contributed by atoms with E-state index in [0.717, 1.165) is 38.5 Å². The lowest BCUT2D eigenvalue weighted by Gasteiger charge is -2.34. The summed E-state index contributed by atoms with van der Waals surface area (Å²) in [4.78, 5) is 31.0. The fourth-order valence-corrected chi connectivity index (χ4v) is 4.54. The van der Waals surface area contributed by atoms with Gasteiger partial charge in [0.05, 0.1) is 34.2 Å². The minimum absolute atomic E-state index is 0.179. The lowest BCUT2D eigenvalue weighted by atomic mass is 9.93. The van der Waals surface area contributed by atoms with Crippen LogP contribution in [-0.4, -0.2) is 33.9 Å². The SMILES string of the molecule is CCCCCCCCC(CCCOC=CCC1C=Cc2ccccc21)C(OOC)(OOC)OOC. The molecule has 1 aromatic carbocycles. The van der Waals surface area contributed by atoms with Crippen LogP contribution in [0.25, 0.3) is 6.08 Å². The number of hydrogen-bond donors (Lipinski definition) is 0. The molecular formula is C28H44O7. The van der Waals surface area contributed by atoms with Crippen molar-refractivity contribution in [3.63, 3.8) is 0 Å². The predicted octanol–water partition coefficient (Wildman–Crippen LogP) is 7.25. The number of hydrogen-bond acceptors (Lipinski definition) is 7. The fraction of sp³-hybridized carbons (Fsp3) is 0.643. The van der Waals surface area contributed by atoms with Crippen molar-refractivity contribution < 1.29 is 34.1 Å². The predicted molar refractivity (Wildman–Crippen MR) is 136 cm³/mol. The molecular weight excluding hydrogens is 448 g/mol. The van der Waals surface area contributed by atoms with Crippen molar-refractivity contribution in [2.75, 3.05) is 27.9 Å². The van der Waals surface area contributed by atoms with E-state index in [2.05, 4.69) is 49.4 Å². The summed E-state index contributed by atoms with van der Waals surface area (Å²) in [6.07, 6.45) is 18.7. The van der Waals surface area contributed by atoms with Crippen molar-refractivity contribution in [2.45, 2.75) is 83.0 Å². The third-order valence-corrected chi connectivity index (χ3v) is 6.31. The van der Waals surface area contributed by atoms with Crippen molar-refractivity contribution in [1.29, 1.82) is 0 Å². The zero-order valence-corrected chi connectivity index (χ0v) is 21.9. The molecule has 0 bridgehead atoms. The highest BCUT2D eigenvalue weighted by atomic mass is 17.4. The highest BCUT2D eigenvalue weighted by molar-refractivity contribution is 5.62. The van der Waals surface area contributed by atoms with Gasteiger partial charge in [-0.15, -0.1) is 0 Å². The van der Waals surface area contributed by atoms with E-state index >= 15 is 0 Å². The van der Waals surface area contributed by atoms with Crippen molar-refractivity contribution in [3.8, 4) is 0 Å². The van der Waals surface area contributed by atoms with Gasteiger partial charge >= 0.3 is 5.97 Å². The van der Waals surface area contributed by atoms with Crippen molar-refractivity contribution in [2.24, 2.45) is 5.92 Å². The molecule has 2 atom stereocenters. The minimum Gasteiger partial charge on any atom is -0.502 e. The summed E-state index contributed by atoms with van der Waals surface area (Å²) in [7, 11) is 4.21. The summed E-state index contributed by atoms with van der Waals surface area (Å²) in [6, 6.07) is 8.51. The van der Waals surface area contributed by atoms with Gasteiger partial charge in [0.15, 0.2) is 0 Å². The molecule has 0 aliphatic heterocycles. The maximum atomic E-state index is 5.77. The van der Waals surface area contributed by atoms with E-state index < -0.39 is 5.97 Å². The van der Waals surface area contributed by atoms with E-state index in [9.17, 15) is 0 Å². The van der Waals surface area contributed by atoms with Crippen molar-refractivity contribution in [1.82, 2.24) is 0 Å². The average Bonchev–Trinajstić information content (AvgIpc) is 3.27. The van der Waals surface area contributed by atoms with Crippen LogP contribution in [0.15, 0.2) is 42.7 Å². The first-order valence-corrected chi connectivity index (χ1v) is 12.9. The summed E-state index contributed by atoms with van der Waals surface area (Å²) < 4.78 is 5.77. The van der Waals surface area contributed by atoms with Crippen molar-refractivity contribution in [3.05, 3.63) is 53.8 Å². The maximum Gasteiger partial charge on any atom is 0.368 e. The van der Waals surface area contributed by atoms with E-state index in [1.165, 1.54) is 58.1 Å². The summed E-state index contributed by atoms with van der Waals surface area (Å²) in [5, 5.41) is 0. The Kier molecular flexibility index (Phi) is 14.9. The maximum absolute atomic E-state index is 5.77. The van der Waals surface area contributed by atoms with Crippen molar-refractivity contribution >= 4 is 6.08 Å². The van der Waals surface area contributed by atoms with E-state index in [1.807, 2.05) is 0 Å². The topological polar surface area (TPSA) is 64.6 Å². The first kappa shape index (κ1) is 29.5. The Morgan fingerprint density at radius 3 is 2.23 bits per heavy atom. The fourth-order valence-electron chi connectivity index (χ4n) is 4.54. The Hall–Kier alpha value is -1.74. The van der Waals surface area contributed by atoms with E-state index in [0.29, 0.717) is 12.5 Å². The van der Waals surface area contributed by atoms with Gasteiger partial charge in [0.2, 0.25) is 0 Å². The molecule has 1 aliphatic rings. The number of fused-ring (bicyclic) bond motifs is 1. The molecule has 0 radical (unpaired) electrons. The molecule has 35 heavy (non-hydrogen) atoms. The Balaban J connectivity index is 1.82. The minimum atomic E-state index is -1.61. The Morgan fingerprint density at radius 1 is 0.857 bits per heavy atom. The summed E-state index contributed by atoms with van der Waals surface area (Å²) >= 11 is 0. The summed E-state index contributed by atoms with van der Waals surface area (Å²) in [5.41, 5.74) is 2.68. The van der Waals surface area contributed by atoms with Gasteiger partial charge in [0.25, 0.3) is 0 Å². The number of benzene rings is 1. The molecule has 0 N–H and O–H groups in total. The van der Waals surface area contributed by atoms with Gasteiger partial charge in [-0.2, -0.15) is 14.7 Å². The lowest BCUT2D eigenvalue weighted by molar-refractivity contribution is -0.635.